The molecule has 0 aliphatic carbocycles. The fourth-order valence-electron chi connectivity index (χ4n) is 12.9. The van der Waals surface area contributed by atoms with Crippen molar-refractivity contribution in [2.24, 2.45) is 35.5 Å². The average Bonchev–Trinajstić information content (AvgIpc) is 0.803. The number of carbonyl (C=O) groups excluding carboxylic acids is 11. The van der Waals surface area contributed by atoms with Crippen molar-refractivity contribution in [1.82, 2.24) is 65.8 Å². The molecule has 0 saturated carbocycles. The zero-order chi connectivity index (χ0) is 74.9. The van der Waals surface area contributed by atoms with Crippen LogP contribution in [0.1, 0.15) is 175 Å². The summed E-state index contributed by atoms with van der Waals surface area (Å²) < 4.78 is 11.9. The SMILES string of the molecule is CC[C@@H]1NC(=O)[C@H]([C@H](O)[C@H](C)CCCCCNC)N(C)C(=O)[C@H](C(C)C)N(C)C(=O)[C@H](CC(C)C)N(C)C(=O)[C@H](CC(C)C)N(C)C(=O)[C@@H](C)NC(=O)[C@H](C)NC(=O)[C@H](CC(C)C)N(C)C(=O)[C@H](C(C)C)NC(=O)[C@H]([C@@H](C)OCCCCN2CCOCC2)N(C)C(=O)[C@@H](C)N(C)C1=O. The van der Waals surface area contributed by atoms with Crippen LogP contribution in [-0.2, 0) is 62.2 Å². The van der Waals surface area contributed by atoms with Crippen molar-refractivity contribution in [2.45, 2.75) is 254 Å². The first kappa shape index (κ1) is 88.1. The molecule has 0 spiro atoms. The Morgan fingerprint density at radius 2 is 0.980 bits per heavy atom. The molecule has 6 N–H and O–H groups in total. The summed E-state index contributed by atoms with van der Waals surface area (Å²) in [5, 5.41) is 26.7. The number of nitrogens with one attached hydrogen (secondary N) is 5. The van der Waals surface area contributed by atoms with E-state index in [0.717, 1.165) is 55.2 Å². The van der Waals surface area contributed by atoms with Crippen molar-refractivity contribution in [3.8, 4) is 0 Å². The summed E-state index contributed by atoms with van der Waals surface area (Å²) in [6.07, 6.45) is 2.17. The van der Waals surface area contributed by atoms with Crippen LogP contribution >= 0.6 is 0 Å². The van der Waals surface area contributed by atoms with Gasteiger partial charge in [-0.1, -0.05) is 95.9 Å². The minimum absolute atomic E-state index is 0.00225. The maximum absolute atomic E-state index is 15.4. The molecular formula is C71H131N13O14. The standard InChI is InChI=1S/C71H131N13O14/c1-25-52-67(92)77(18)50(15)66(91)82(23)58(51(16)98-36-30-29-33-84-34-37-97-38-35-84)63(88)76-56(45(8)9)70(95)78(19)53(39-42(2)3)62(87)73-48(13)61(86)74-49(14)65(90)79(20)54(40-43(4)5)68(93)80(21)55(41-44(6)7)69(94)81(22)57(46(10)11)71(96)83(24)59(64(89)75-52)60(85)47(12)31-27-26-28-32-72-17/h42-60,72,85H,25-41H2,1-24H3,(H,73,87)(H,74,86)(H,75,89)(H,76,88)/t47-,48+,49-,50-,51-,52+,53+,54+,55+,56+,57+,58+,59+,60-/m1/s1. The lowest BCUT2D eigenvalue weighted by Crippen LogP contribution is -2.64. The average molecular weight is 1390 g/mol. The molecular weight excluding hydrogens is 1260 g/mol. The molecule has 27 heteroatoms. The fourth-order valence-corrected chi connectivity index (χ4v) is 12.9. The topological polar surface area (TPSA) is 313 Å². The Labute approximate surface area is 587 Å². The summed E-state index contributed by atoms with van der Waals surface area (Å²) in [4.78, 5) is 175. The van der Waals surface area contributed by atoms with Crippen LogP contribution in [0, 0.1) is 35.5 Å². The normalized spacial score (nSPS) is 27.0. The van der Waals surface area contributed by atoms with E-state index in [1.165, 1.54) is 94.6 Å². The number of likely N-dealkylation sites (N-methyl/N-ethyl adjacent to an activating group) is 7. The Balaban J connectivity index is 3.02. The molecule has 2 heterocycles. The van der Waals surface area contributed by atoms with Crippen molar-refractivity contribution >= 4 is 65.0 Å². The number of aliphatic hydroxyl groups excluding tert-OH is 1. The monoisotopic (exact) mass is 1390 g/mol. The molecule has 14 atom stereocenters. The Kier molecular flexibility index (Phi) is 38.0. The Bertz CT molecular complexity index is 2590. The van der Waals surface area contributed by atoms with Crippen LogP contribution in [0.5, 0.6) is 0 Å². The summed E-state index contributed by atoms with van der Waals surface area (Å²) >= 11 is 0. The van der Waals surface area contributed by atoms with E-state index in [9.17, 15) is 29.1 Å². The first-order valence-corrected chi connectivity index (χ1v) is 36.0. The number of nitrogens with zero attached hydrogens (tertiary/aromatic N) is 8. The molecule has 564 valence electrons. The van der Waals surface area contributed by atoms with Gasteiger partial charge in [0, 0.05) is 69.0 Å². The molecule has 0 aromatic carbocycles. The van der Waals surface area contributed by atoms with Gasteiger partial charge in [0.05, 0.1) is 25.4 Å². The summed E-state index contributed by atoms with van der Waals surface area (Å²) in [7, 11) is 11.8. The third kappa shape index (κ3) is 25.5. The van der Waals surface area contributed by atoms with Gasteiger partial charge in [-0.3, -0.25) is 57.6 Å². The number of aliphatic hydroxyl groups is 1. The summed E-state index contributed by atoms with van der Waals surface area (Å²) in [6.45, 7) is 32.3. The van der Waals surface area contributed by atoms with Gasteiger partial charge in [0.1, 0.15) is 66.5 Å². The van der Waals surface area contributed by atoms with Crippen molar-refractivity contribution in [3.63, 3.8) is 0 Å². The predicted molar refractivity (Wildman–Crippen MR) is 378 cm³/mol. The van der Waals surface area contributed by atoms with Crippen molar-refractivity contribution < 1.29 is 67.3 Å². The van der Waals surface area contributed by atoms with E-state index in [0.29, 0.717) is 32.5 Å². The van der Waals surface area contributed by atoms with Gasteiger partial charge in [-0.2, -0.15) is 0 Å². The van der Waals surface area contributed by atoms with Crippen LogP contribution in [0.15, 0.2) is 0 Å². The number of hydrogen-bond donors (Lipinski definition) is 6. The van der Waals surface area contributed by atoms with Gasteiger partial charge >= 0.3 is 0 Å². The lowest BCUT2D eigenvalue weighted by atomic mass is 9.90. The van der Waals surface area contributed by atoms with Crippen LogP contribution in [0.2, 0.25) is 0 Å². The summed E-state index contributed by atoms with van der Waals surface area (Å²) in [5.41, 5.74) is 0. The minimum Gasteiger partial charge on any atom is -0.390 e. The number of carbonyl (C=O) groups is 11. The zero-order valence-electron chi connectivity index (χ0n) is 64.3. The van der Waals surface area contributed by atoms with Gasteiger partial charge in [0.15, 0.2) is 0 Å². The van der Waals surface area contributed by atoms with Crippen molar-refractivity contribution in [1.29, 1.82) is 0 Å². The molecule has 0 aromatic rings. The van der Waals surface area contributed by atoms with Crippen LogP contribution in [0.25, 0.3) is 0 Å². The van der Waals surface area contributed by atoms with E-state index < -0.39 is 161 Å². The quantitative estimate of drug-likeness (QED) is 0.0757. The molecule has 2 fully saturated rings. The zero-order valence-corrected chi connectivity index (χ0v) is 64.3. The van der Waals surface area contributed by atoms with Gasteiger partial charge in [0.2, 0.25) is 65.0 Å². The molecule has 0 aromatic heterocycles. The highest BCUT2D eigenvalue weighted by molar-refractivity contribution is 6.00. The Morgan fingerprint density at radius 1 is 0.490 bits per heavy atom. The second kappa shape index (κ2) is 42.3. The molecule has 98 heavy (non-hydrogen) atoms. The molecule has 2 rings (SSSR count). The van der Waals surface area contributed by atoms with E-state index in [1.54, 1.807) is 48.5 Å². The van der Waals surface area contributed by atoms with Crippen LogP contribution in [0.3, 0.4) is 0 Å². The lowest BCUT2D eigenvalue weighted by molar-refractivity contribution is -0.157. The first-order valence-electron chi connectivity index (χ1n) is 36.0. The number of unbranched alkanes of at least 4 members (excludes halogenated alkanes) is 3. The van der Waals surface area contributed by atoms with E-state index in [-0.39, 0.29) is 50.0 Å². The maximum Gasteiger partial charge on any atom is 0.246 e. The largest absolute Gasteiger partial charge is 0.390 e. The van der Waals surface area contributed by atoms with Crippen LogP contribution in [-0.4, -0.2) is 290 Å². The molecule has 2 saturated heterocycles. The number of rotatable bonds is 24. The Morgan fingerprint density at radius 3 is 1.50 bits per heavy atom. The molecule has 0 radical (unpaired) electrons. The maximum atomic E-state index is 15.4. The molecule has 0 bridgehead atoms. The van der Waals surface area contributed by atoms with Gasteiger partial charge < -0.3 is 75.5 Å². The van der Waals surface area contributed by atoms with Crippen LogP contribution in [0.4, 0.5) is 0 Å². The highest BCUT2D eigenvalue weighted by Crippen LogP contribution is 2.27. The first-order chi connectivity index (χ1) is 45.7. The minimum atomic E-state index is -1.62. The number of hydrogen-bond acceptors (Lipinski definition) is 16. The molecule has 0 unspecified atom stereocenters. The highest BCUT2D eigenvalue weighted by Gasteiger charge is 2.47. The summed E-state index contributed by atoms with van der Waals surface area (Å²) in [6, 6.07) is -14.1. The van der Waals surface area contributed by atoms with E-state index in [2.05, 4.69) is 31.5 Å². The van der Waals surface area contributed by atoms with Gasteiger partial charge in [-0.15, -0.1) is 0 Å². The molecule has 11 amide bonds. The van der Waals surface area contributed by atoms with Gasteiger partial charge in [-0.05, 0) is 135 Å². The highest BCUT2D eigenvalue weighted by atomic mass is 16.5. The fraction of sp³-hybridized carbons (Fsp3) is 0.845. The summed E-state index contributed by atoms with van der Waals surface area (Å²) in [5.74, 6) is -9.89. The molecule has 27 nitrogen and oxygen atoms in total. The number of ether oxygens (including phenoxy) is 2. The molecule has 2 aliphatic heterocycles. The Hall–Kier alpha value is -6.03. The predicted octanol–water partition coefficient (Wildman–Crippen LogP) is 2.94. The molecule has 2 aliphatic rings. The second-order valence-electron chi connectivity index (χ2n) is 29.7. The number of morpholine rings is 1. The smallest absolute Gasteiger partial charge is 0.246 e. The number of amides is 11. The third-order valence-electron chi connectivity index (χ3n) is 19.4. The van der Waals surface area contributed by atoms with Gasteiger partial charge in [0.25, 0.3) is 0 Å². The third-order valence-corrected chi connectivity index (χ3v) is 19.4. The lowest BCUT2D eigenvalue weighted by Gasteiger charge is -2.41. The van der Waals surface area contributed by atoms with E-state index in [4.69, 9.17) is 9.47 Å². The van der Waals surface area contributed by atoms with Crippen LogP contribution < -0.4 is 26.6 Å². The van der Waals surface area contributed by atoms with E-state index >= 15 is 28.8 Å². The van der Waals surface area contributed by atoms with Crippen molar-refractivity contribution in [3.05, 3.63) is 0 Å². The van der Waals surface area contributed by atoms with Crippen molar-refractivity contribution in [2.75, 3.05) is 102 Å². The van der Waals surface area contributed by atoms with E-state index in [1.807, 2.05) is 48.6 Å². The second-order valence-corrected chi connectivity index (χ2v) is 29.7. The van der Waals surface area contributed by atoms with Gasteiger partial charge in [-0.25, -0.2) is 0 Å².